The van der Waals surface area contributed by atoms with E-state index in [0.29, 0.717) is 11.3 Å². The van der Waals surface area contributed by atoms with Crippen LogP contribution in [0.25, 0.3) is 11.8 Å². The van der Waals surface area contributed by atoms with Gasteiger partial charge in [0.2, 0.25) is 20.2 Å². The smallest absolute Gasteiger partial charge is 0.283 e. The molecule has 3 heterocycles. The Bertz CT molecular complexity index is 1350. The topological polar surface area (TPSA) is 117 Å². The lowest BCUT2D eigenvalue weighted by Crippen LogP contribution is -2.45. The number of sulfone groups is 1. The average molecular weight is 472 g/mol. The molecule has 1 aromatic carbocycles. The van der Waals surface area contributed by atoms with Gasteiger partial charge in [-0.2, -0.15) is 9.39 Å². The van der Waals surface area contributed by atoms with E-state index in [-0.39, 0.29) is 27.5 Å². The summed E-state index contributed by atoms with van der Waals surface area (Å²) in [6, 6.07) is 9.48. The van der Waals surface area contributed by atoms with Crippen LogP contribution < -0.4 is 4.74 Å². The molecule has 32 heavy (non-hydrogen) atoms. The van der Waals surface area contributed by atoms with Gasteiger partial charge in [-0.3, -0.25) is 10.2 Å². The first-order chi connectivity index (χ1) is 15.2. The molecule has 1 amide bonds. The van der Waals surface area contributed by atoms with Crippen LogP contribution in [0.4, 0.5) is 0 Å². The largest absolute Gasteiger partial charge is 0.495 e. The first kappa shape index (κ1) is 22.0. The average Bonchev–Trinajstić information content (AvgIpc) is 3.32. The number of fused-ring (bicyclic) bond motifs is 1. The molecule has 0 saturated heterocycles. The minimum atomic E-state index is -3.69. The first-order valence-corrected chi connectivity index (χ1v) is 12.2. The van der Waals surface area contributed by atoms with Crippen molar-refractivity contribution in [2.45, 2.75) is 20.8 Å². The number of benzene rings is 1. The second-order valence-electron chi connectivity index (χ2n) is 7.14. The third-order valence-electron chi connectivity index (χ3n) is 5.25. The van der Waals surface area contributed by atoms with Gasteiger partial charge >= 0.3 is 0 Å². The van der Waals surface area contributed by atoms with Gasteiger partial charge in [0.05, 0.1) is 36.1 Å². The standard InChI is InChI=1S/C21H21N5O4S2/c1-5-32(28,29)21-24-31-20-23-19(27)15(18(22)26(20)21)11-14-10-12(2)25(13(14)3)16-8-6-7-9-17(16)30-4/h6-11,22H,5H2,1-4H3/b15-11-,22-18?. The summed E-state index contributed by atoms with van der Waals surface area (Å²) in [4.78, 5) is 17.8. The van der Waals surface area contributed by atoms with Gasteiger partial charge in [-0.05, 0) is 43.7 Å². The second-order valence-corrected chi connectivity index (χ2v) is 10.0. The summed E-state index contributed by atoms with van der Waals surface area (Å²) >= 11 is 0.781. The lowest BCUT2D eigenvalue weighted by atomic mass is 10.1. The predicted octanol–water partition coefficient (Wildman–Crippen LogP) is 3.11. The Kier molecular flexibility index (Phi) is 5.55. The normalized spacial score (nSPS) is 17.5. The third-order valence-corrected chi connectivity index (χ3v) is 7.66. The van der Waals surface area contributed by atoms with E-state index in [9.17, 15) is 13.2 Å². The fourth-order valence-corrected chi connectivity index (χ4v) is 5.57. The van der Waals surface area contributed by atoms with Gasteiger partial charge in [0.25, 0.3) is 5.91 Å². The van der Waals surface area contributed by atoms with Gasteiger partial charge in [0.15, 0.2) is 0 Å². The molecule has 0 bridgehead atoms. The monoisotopic (exact) mass is 471 g/mol. The summed E-state index contributed by atoms with van der Waals surface area (Å²) in [5.74, 6) is -0.343. The maximum atomic E-state index is 12.7. The minimum Gasteiger partial charge on any atom is -0.495 e. The highest BCUT2D eigenvalue weighted by molar-refractivity contribution is 8.16. The zero-order chi connectivity index (χ0) is 23.2. The summed E-state index contributed by atoms with van der Waals surface area (Å²) in [7, 11) is -2.09. The summed E-state index contributed by atoms with van der Waals surface area (Å²) in [5, 5.41) is 8.37. The molecule has 0 saturated carbocycles. The molecule has 0 unspecified atom stereocenters. The Hall–Kier alpha value is -3.18. The molecule has 9 nitrogen and oxygen atoms in total. The highest BCUT2D eigenvalue weighted by Gasteiger charge is 2.42. The molecule has 2 aliphatic rings. The molecule has 2 aliphatic heterocycles. The number of nitrogens with one attached hydrogen (secondary N) is 1. The number of amidine groups is 3. The van der Waals surface area contributed by atoms with Crippen molar-refractivity contribution in [3.05, 3.63) is 52.9 Å². The number of aryl methyl sites for hydroxylation is 1. The SMILES string of the molecule is CCS(=O)(=O)C1=NSC2=NC(=O)/C(=C\c3cc(C)n(-c4ccccc4OC)c3C)C(=N)N21. The van der Waals surface area contributed by atoms with E-state index < -0.39 is 15.7 Å². The number of amides is 1. The zero-order valence-corrected chi connectivity index (χ0v) is 19.5. The number of ether oxygens (including phenoxy) is 1. The van der Waals surface area contributed by atoms with E-state index in [4.69, 9.17) is 10.1 Å². The summed E-state index contributed by atoms with van der Waals surface area (Å²) in [6.07, 6.45) is 1.57. The molecule has 166 valence electrons. The van der Waals surface area contributed by atoms with Crippen molar-refractivity contribution in [1.29, 1.82) is 5.41 Å². The van der Waals surface area contributed by atoms with Crippen LogP contribution in [0, 0.1) is 19.3 Å². The van der Waals surface area contributed by atoms with Crippen molar-refractivity contribution < 1.29 is 17.9 Å². The van der Waals surface area contributed by atoms with E-state index in [1.54, 1.807) is 13.2 Å². The van der Waals surface area contributed by atoms with Gasteiger partial charge in [0.1, 0.15) is 11.6 Å². The Morgan fingerprint density at radius 3 is 2.66 bits per heavy atom. The van der Waals surface area contributed by atoms with Crippen molar-refractivity contribution >= 4 is 49.9 Å². The molecule has 0 aliphatic carbocycles. The van der Waals surface area contributed by atoms with Gasteiger partial charge in [-0.25, -0.2) is 13.3 Å². The Morgan fingerprint density at radius 2 is 1.97 bits per heavy atom. The quantitative estimate of drug-likeness (QED) is 0.541. The Morgan fingerprint density at radius 1 is 1.25 bits per heavy atom. The number of nitrogens with zero attached hydrogens (tertiary/aromatic N) is 4. The molecule has 0 atom stereocenters. The van der Waals surface area contributed by atoms with Gasteiger partial charge < -0.3 is 9.30 Å². The number of rotatable bonds is 4. The molecule has 0 spiro atoms. The van der Waals surface area contributed by atoms with Crippen LogP contribution in [-0.2, 0) is 14.6 Å². The second kappa shape index (κ2) is 8.06. The van der Waals surface area contributed by atoms with E-state index in [1.807, 2.05) is 48.7 Å². The van der Waals surface area contributed by atoms with E-state index in [0.717, 1.165) is 33.9 Å². The fourth-order valence-electron chi connectivity index (χ4n) is 3.60. The molecule has 1 N–H and O–H groups in total. The number of para-hydroxylation sites is 2. The number of carbonyl (C=O) groups is 1. The van der Waals surface area contributed by atoms with Crippen LogP contribution in [-0.4, -0.2) is 52.8 Å². The van der Waals surface area contributed by atoms with Crippen LogP contribution >= 0.6 is 11.9 Å². The molecular weight excluding hydrogens is 450 g/mol. The highest BCUT2D eigenvalue weighted by atomic mass is 32.2. The lowest BCUT2D eigenvalue weighted by molar-refractivity contribution is -0.114. The number of hydrogen-bond acceptors (Lipinski definition) is 7. The Balaban J connectivity index is 1.80. The van der Waals surface area contributed by atoms with Gasteiger partial charge in [0, 0.05) is 11.4 Å². The predicted molar refractivity (Wildman–Crippen MR) is 126 cm³/mol. The molecule has 0 radical (unpaired) electrons. The number of carbonyl (C=O) groups excluding carboxylic acids is 1. The number of hydrogen-bond donors (Lipinski definition) is 1. The van der Waals surface area contributed by atoms with E-state index in [2.05, 4.69) is 9.39 Å². The summed E-state index contributed by atoms with van der Waals surface area (Å²) in [5.41, 5.74) is 3.30. The van der Waals surface area contributed by atoms with Crippen LogP contribution in [0.2, 0.25) is 0 Å². The third kappa shape index (κ3) is 3.47. The molecule has 2 aromatic rings. The summed E-state index contributed by atoms with van der Waals surface area (Å²) in [6.45, 7) is 5.33. The van der Waals surface area contributed by atoms with Crippen molar-refractivity contribution in [2.75, 3.05) is 12.9 Å². The number of aromatic nitrogens is 1. The molecule has 4 rings (SSSR count). The van der Waals surface area contributed by atoms with Gasteiger partial charge in [-0.1, -0.05) is 19.1 Å². The number of aliphatic imine (C=N–C) groups is 1. The van der Waals surface area contributed by atoms with Crippen molar-refractivity contribution in [3.63, 3.8) is 0 Å². The Labute approximate surface area is 190 Å². The minimum absolute atomic E-state index is 0.00414. The fraction of sp³-hybridized carbons (Fsp3) is 0.238. The van der Waals surface area contributed by atoms with E-state index in [1.165, 1.54) is 6.92 Å². The zero-order valence-electron chi connectivity index (χ0n) is 17.9. The van der Waals surface area contributed by atoms with E-state index >= 15 is 0 Å². The molecule has 11 heteroatoms. The number of methoxy groups -OCH3 is 1. The van der Waals surface area contributed by atoms with Crippen LogP contribution in [0.15, 0.2) is 45.3 Å². The maximum absolute atomic E-state index is 12.7. The maximum Gasteiger partial charge on any atom is 0.283 e. The molecular formula is C21H21N5O4S2. The highest BCUT2D eigenvalue weighted by Crippen LogP contribution is 2.32. The van der Waals surface area contributed by atoms with Crippen molar-refractivity contribution in [3.8, 4) is 11.4 Å². The van der Waals surface area contributed by atoms with Crippen LogP contribution in [0.5, 0.6) is 5.75 Å². The van der Waals surface area contributed by atoms with Crippen LogP contribution in [0.3, 0.4) is 0 Å². The van der Waals surface area contributed by atoms with Crippen LogP contribution in [0.1, 0.15) is 23.9 Å². The van der Waals surface area contributed by atoms with Gasteiger partial charge in [-0.15, -0.1) is 0 Å². The van der Waals surface area contributed by atoms with Crippen molar-refractivity contribution in [2.24, 2.45) is 9.39 Å². The molecule has 1 aromatic heterocycles. The summed E-state index contributed by atoms with van der Waals surface area (Å²) < 4.78 is 36.2. The lowest BCUT2D eigenvalue weighted by Gasteiger charge is -2.24. The first-order valence-electron chi connectivity index (χ1n) is 9.73. The molecule has 0 fully saturated rings. The van der Waals surface area contributed by atoms with Crippen molar-refractivity contribution in [1.82, 2.24) is 9.47 Å².